The highest BCUT2D eigenvalue weighted by Gasteiger charge is 2.30. The molecule has 0 radical (unpaired) electrons. The molecule has 0 saturated carbocycles. The molecule has 0 amide bonds. The molecule has 0 saturated heterocycles. The summed E-state index contributed by atoms with van der Waals surface area (Å²) < 4.78 is 118. The van der Waals surface area contributed by atoms with Crippen LogP contribution >= 0.6 is 0 Å². The SMILES string of the molecule is Fc1cc(-c2c(F)c(F)c(F)c(F)c2F)c(F)c(F)c1F.OB(O)O. The maximum atomic E-state index is 13.4. The van der Waals surface area contributed by atoms with E-state index in [2.05, 4.69) is 0 Å². The standard InChI is InChI=1S/C12HF9.BH3O3/c13-3-1-2(5(14)9(18)6(3)15)4-7(16)10(19)12(21)11(20)8(4)17;2-1(3)4/h1H;2-4H. The Kier molecular flexibility index (Phi) is 6.45. The van der Waals surface area contributed by atoms with Gasteiger partial charge in [0.05, 0.1) is 5.56 Å². The van der Waals surface area contributed by atoms with Crippen LogP contribution in [0, 0.1) is 52.4 Å². The van der Waals surface area contributed by atoms with Gasteiger partial charge in [-0.2, -0.15) is 0 Å². The summed E-state index contributed by atoms with van der Waals surface area (Å²) in [6, 6.07) is -0.216. The van der Waals surface area contributed by atoms with Crippen LogP contribution in [0.25, 0.3) is 11.1 Å². The van der Waals surface area contributed by atoms with Crippen LogP contribution in [0.4, 0.5) is 39.5 Å². The van der Waals surface area contributed by atoms with Crippen molar-refractivity contribution in [1.82, 2.24) is 0 Å². The second kappa shape index (κ2) is 7.76. The average molecular weight is 378 g/mol. The summed E-state index contributed by atoms with van der Waals surface area (Å²) in [5.41, 5.74) is -3.54. The van der Waals surface area contributed by atoms with Crippen LogP contribution in [0.3, 0.4) is 0 Å². The van der Waals surface area contributed by atoms with Crippen molar-refractivity contribution in [2.45, 2.75) is 0 Å². The van der Waals surface area contributed by atoms with Gasteiger partial charge >= 0.3 is 7.32 Å². The zero-order valence-corrected chi connectivity index (χ0v) is 11.4. The summed E-state index contributed by atoms with van der Waals surface area (Å²) in [6.45, 7) is 0. The van der Waals surface area contributed by atoms with E-state index in [0.29, 0.717) is 0 Å². The van der Waals surface area contributed by atoms with Crippen molar-refractivity contribution >= 4 is 7.32 Å². The van der Waals surface area contributed by atoms with Crippen LogP contribution in [-0.2, 0) is 0 Å². The fraction of sp³-hybridized carbons (Fsp3) is 0. The van der Waals surface area contributed by atoms with Gasteiger partial charge in [0.15, 0.2) is 46.5 Å². The quantitative estimate of drug-likeness (QED) is 0.310. The zero-order valence-electron chi connectivity index (χ0n) is 11.4. The minimum Gasteiger partial charge on any atom is -0.402 e. The van der Waals surface area contributed by atoms with E-state index in [1.165, 1.54) is 0 Å². The molecule has 0 heterocycles. The Labute approximate surface area is 132 Å². The van der Waals surface area contributed by atoms with E-state index in [1.807, 2.05) is 0 Å². The largest absolute Gasteiger partial charge is 0.631 e. The molecular formula is C12H4BF9O3. The van der Waals surface area contributed by atoms with Gasteiger partial charge in [0.25, 0.3) is 0 Å². The first kappa shape index (κ1) is 20.8. The summed E-state index contributed by atoms with van der Waals surface area (Å²) in [5, 5.41) is 21.5. The molecule has 136 valence electrons. The highest BCUT2D eigenvalue weighted by atomic mass is 19.2. The first-order valence-corrected chi connectivity index (χ1v) is 5.80. The molecule has 3 nitrogen and oxygen atoms in total. The van der Waals surface area contributed by atoms with Crippen molar-refractivity contribution < 1.29 is 54.6 Å². The normalized spacial score (nSPS) is 10.4. The number of benzene rings is 2. The lowest BCUT2D eigenvalue weighted by molar-refractivity contribution is 0.278. The summed E-state index contributed by atoms with van der Waals surface area (Å²) in [4.78, 5) is 0. The molecule has 0 fully saturated rings. The van der Waals surface area contributed by atoms with Crippen molar-refractivity contribution in [2.24, 2.45) is 0 Å². The fourth-order valence-corrected chi connectivity index (χ4v) is 1.60. The molecule has 2 aromatic rings. The molecule has 0 bridgehead atoms. The number of halogens is 9. The maximum absolute atomic E-state index is 13.4. The highest BCUT2D eigenvalue weighted by molar-refractivity contribution is 6.30. The van der Waals surface area contributed by atoms with E-state index in [0.717, 1.165) is 0 Å². The monoisotopic (exact) mass is 378 g/mol. The summed E-state index contributed by atoms with van der Waals surface area (Å²) in [6.07, 6.45) is 0. The molecule has 13 heteroatoms. The molecule has 0 aromatic heterocycles. The second-order valence-corrected chi connectivity index (χ2v) is 4.14. The zero-order chi connectivity index (χ0) is 19.6. The predicted molar refractivity (Wildman–Crippen MR) is 63.9 cm³/mol. The van der Waals surface area contributed by atoms with Crippen molar-refractivity contribution in [3.63, 3.8) is 0 Å². The van der Waals surface area contributed by atoms with Crippen LogP contribution in [0.5, 0.6) is 0 Å². The van der Waals surface area contributed by atoms with E-state index < -0.39 is 70.8 Å². The van der Waals surface area contributed by atoms with E-state index >= 15 is 0 Å². The average Bonchev–Trinajstić information content (AvgIpc) is 2.53. The summed E-state index contributed by atoms with van der Waals surface area (Å²) in [5.74, 6) is -21.5. The van der Waals surface area contributed by atoms with Gasteiger partial charge in [-0.1, -0.05) is 0 Å². The Bertz CT molecular complexity index is 782. The Hall–Kier alpha value is -2.25. The summed E-state index contributed by atoms with van der Waals surface area (Å²) in [7, 11) is -2.17. The molecule has 0 aliphatic carbocycles. The molecule has 0 aliphatic rings. The van der Waals surface area contributed by atoms with Gasteiger partial charge in [0.1, 0.15) is 0 Å². The number of hydrogen-bond acceptors (Lipinski definition) is 3. The Morgan fingerprint density at radius 1 is 0.520 bits per heavy atom. The van der Waals surface area contributed by atoms with Crippen molar-refractivity contribution in [3.8, 4) is 11.1 Å². The van der Waals surface area contributed by atoms with Gasteiger partial charge in [0.2, 0.25) is 5.82 Å². The summed E-state index contributed by atoms with van der Waals surface area (Å²) >= 11 is 0. The van der Waals surface area contributed by atoms with Gasteiger partial charge in [-0.05, 0) is 6.07 Å². The number of rotatable bonds is 1. The van der Waals surface area contributed by atoms with Gasteiger partial charge < -0.3 is 15.1 Å². The smallest absolute Gasteiger partial charge is 0.402 e. The molecule has 0 atom stereocenters. The van der Waals surface area contributed by atoms with Gasteiger partial charge in [0, 0.05) is 5.56 Å². The van der Waals surface area contributed by atoms with Gasteiger partial charge in [-0.25, -0.2) is 39.5 Å². The third kappa shape index (κ3) is 4.06. The maximum Gasteiger partial charge on any atom is 0.631 e. The topological polar surface area (TPSA) is 60.7 Å². The second-order valence-electron chi connectivity index (χ2n) is 4.14. The molecule has 2 aromatic carbocycles. The van der Waals surface area contributed by atoms with Crippen molar-refractivity contribution in [2.75, 3.05) is 0 Å². The minimum atomic E-state index is -2.53. The molecular weight excluding hydrogens is 374 g/mol. The molecule has 2 rings (SSSR count). The van der Waals surface area contributed by atoms with Crippen LogP contribution in [0.2, 0.25) is 0 Å². The van der Waals surface area contributed by atoms with Gasteiger partial charge in [-0.3, -0.25) is 0 Å². The van der Waals surface area contributed by atoms with E-state index in [9.17, 15) is 39.5 Å². The molecule has 0 spiro atoms. The third-order valence-corrected chi connectivity index (χ3v) is 2.58. The van der Waals surface area contributed by atoms with Crippen molar-refractivity contribution in [1.29, 1.82) is 0 Å². The van der Waals surface area contributed by atoms with Gasteiger partial charge in [-0.15, -0.1) is 0 Å². The predicted octanol–water partition coefficient (Wildman–Crippen LogP) is 2.55. The first-order valence-electron chi connectivity index (χ1n) is 5.80. The molecule has 25 heavy (non-hydrogen) atoms. The Morgan fingerprint density at radius 2 is 0.840 bits per heavy atom. The van der Waals surface area contributed by atoms with Crippen LogP contribution in [0.1, 0.15) is 0 Å². The van der Waals surface area contributed by atoms with Crippen molar-refractivity contribution in [3.05, 3.63) is 58.4 Å². The third-order valence-electron chi connectivity index (χ3n) is 2.58. The van der Waals surface area contributed by atoms with Crippen LogP contribution in [0.15, 0.2) is 6.07 Å². The fourth-order valence-electron chi connectivity index (χ4n) is 1.60. The lowest BCUT2D eigenvalue weighted by Crippen LogP contribution is -2.07. The van der Waals surface area contributed by atoms with E-state index in [4.69, 9.17) is 15.1 Å². The lowest BCUT2D eigenvalue weighted by atomic mass is 10.0. The lowest BCUT2D eigenvalue weighted by Gasteiger charge is -2.10. The first-order chi connectivity index (χ1) is 11.4. The van der Waals surface area contributed by atoms with E-state index in [1.54, 1.807) is 0 Å². The van der Waals surface area contributed by atoms with Crippen LogP contribution < -0.4 is 0 Å². The minimum absolute atomic E-state index is 0.216. The van der Waals surface area contributed by atoms with E-state index in [-0.39, 0.29) is 6.07 Å². The Morgan fingerprint density at radius 3 is 1.24 bits per heavy atom. The Balaban J connectivity index is 0.000000705. The van der Waals surface area contributed by atoms with Crippen LogP contribution in [-0.4, -0.2) is 22.4 Å². The molecule has 0 aliphatic heterocycles. The molecule has 3 N–H and O–H groups in total. The molecule has 0 unspecified atom stereocenters. The number of hydrogen-bond donors (Lipinski definition) is 3. The highest BCUT2D eigenvalue weighted by Crippen LogP contribution is 2.35.